The van der Waals surface area contributed by atoms with Gasteiger partial charge >= 0.3 is 0 Å². The van der Waals surface area contributed by atoms with Gasteiger partial charge in [0.05, 0.1) is 17.5 Å². The van der Waals surface area contributed by atoms with Crippen molar-refractivity contribution in [2.75, 3.05) is 20.2 Å². The molecule has 1 aliphatic rings. The number of piperidine rings is 1. The number of aromatic nitrogens is 2. The van der Waals surface area contributed by atoms with Crippen LogP contribution in [0.4, 0.5) is 0 Å². The van der Waals surface area contributed by atoms with E-state index < -0.39 is 0 Å². The standard InChI is InChI=1S/C18H23N3O2/c1-13-12-14(2)21(19-13)16-6-4-15(5-7-16)18(22)20-10-8-17(23-3)9-11-20/h4-7,12,17H,8-11H2,1-3H3. The number of carbonyl (C=O) groups excluding carboxylic acids is 1. The second kappa shape index (κ2) is 6.54. The van der Waals surface area contributed by atoms with Gasteiger partial charge in [0.25, 0.3) is 5.91 Å². The summed E-state index contributed by atoms with van der Waals surface area (Å²) in [6, 6.07) is 9.72. The van der Waals surface area contributed by atoms with Crippen molar-refractivity contribution in [1.29, 1.82) is 0 Å². The molecule has 1 aromatic heterocycles. The zero-order chi connectivity index (χ0) is 16.4. The lowest BCUT2D eigenvalue weighted by molar-refractivity contribution is 0.0351. The van der Waals surface area contributed by atoms with Crippen LogP contribution >= 0.6 is 0 Å². The summed E-state index contributed by atoms with van der Waals surface area (Å²) in [4.78, 5) is 14.5. The lowest BCUT2D eigenvalue weighted by atomic mass is 10.1. The molecule has 0 N–H and O–H groups in total. The van der Waals surface area contributed by atoms with Crippen LogP contribution < -0.4 is 0 Å². The fourth-order valence-corrected chi connectivity index (χ4v) is 3.11. The summed E-state index contributed by atoms with van der Waals surface area (Å²) in [5.74, 6) is 0.0967. The van der Waals surface area contributed by atoms with Crippen molar-refractivity contribution in [3.63, 3.8) is 0 Å². The monoisotopic (exact) mass is 313 g/mol. The minimum absolute atomic E-state index is 0.0967. The van der Waals surface area contributed by atoms with Crippen LogP contribution in [0.3, 0.4) is 0 Å². The highest BCUT2D eigenvalue weighted by Crippen LogP contribution is 2.18. The number of rotatable bonds is 3. The van der Waals surface area contributed by atoms with Gasteiger partial charge in [-0.15, -0.1) is 0 Å². The molecule has 3 rings (SSSR count). The molecule has 0 unspecified atom stereocenters. The van der Waals surface area contributed by atoms with Gasteiger partial charge in [-0.2, -0.15) is 5.10 Å². The van der Waals surface area contributed by atoms with Crippen molar-refractivity contribution in [2.45, 2.75) is 32.8 Å². The largest absolute Gasteiger partial charge is 0.381 e. The Morgan fingerprint density at radius 2 is 1.83 bits per heavy atom. The van der Waals surface area contributed by atoms with Gasteiger partial charge in [0.1, 0.15) is 0 Å². The number of nitrogens with zero attached hydrogens (tertiary/aromatic N) is 3. The number of carbonyl (C=O) groups is 1. The van der Waals surface area contributed by atoms with Gasteiger partial charge in [-0.05, 0) is 57.0 Å². The SMILES string of the molecule is COC1CCN(C(=O)c2ccc(-n3nc(C)cc3C)cc2)CC1. The maximum absolute atomic E-state index is 12.6. The molecule has 0 saturated carbocycles. The topological polar surface area (TPSA) is 47.4 Å². The van der Waals surface area contributed by atoms with Crippen molar-refractivity contribution in [1.82, 2.24) is 14.7 Å². The number of ether oxygens (including phenoxy) is 1. The Kier molecular flexibility index (Phi) is 4.48. The lowest BCUT2D eigenvalue weighted by Crippen LogP contribution is -2.40. The Morgan fingerprint density at radius 1 is 1.17 bits per heavy atom. The fourth-order valence-electron chi connectivity index (χ4n) is 3.11. The van der Waals surface area contributed by atoms with E-state index in [1.807, 2.05) is 53.8 Å². The molecule has 5 nitrogen and oxygen atoms in total. The van der Waals surface area contributed by atoms with E-state index in [4.69, 9.17) is 4.74 Å². The second-order valence-electron chi connectivity index (χ2n) is 6.11. The molecule has 1 fully saturated rings. The molecule has 2 aromatic rings. The second-order valence-corrected chi connectivity index (χ2v) is 6.11. The van der Waals surface area contributed by atoms with Crippen LogP contribution in [-0.2, 0) is 4.74 Å². The molecule has 1 aliphatic heterocycles. The third-order valence-corrected chi connectivity index (χ3v) is 4.43. The van der Waals surface area contributed by atoms with E-state index in [1.54, 1.807) is 7.11 Å². The molecule has 0 spiro atoms. The highest BCUT2D eigenvalue weighted by atomic mass is 16.5. The molecule has 0 aliphatic carbocycles. The summed E-state index contributed by atoms with van der Waals surface area (Å²) < 4.78 is 7.25. The number of aryl methyl sites for hydroxylation is 2. The Bertz CT molecular complexity index is 683. The number of likely N-dealkylation sites (tertiary alicyclic amines) is 1. The van der Waals surface area contributed by atoms with E-state index in [-0.39, 0.29) is 12.0 Å². The molecule has 1 amide bonds. The predicted molar refractivity (Wildman–Crippen MR) is 89.0 cm³/mol. The highest BCUT2D eigenvalue weighted by molar-refractivity contribution is 5.94. The Hall–Kier alpha value is -2.14. The molecule has 122 valence electrons. The zero-order valence-electron chi connectivity index (χ0n) is 14.0. The third-order valence-electron chi connectivity index (χ3n) is 4.43. The molecule has 23 heavy (non-hydrogen) atoms. The smallest absolute Gasteiger partial charge is 0.253 e. The average Bonchev–Trinajstić information content (AvgIpc) is 2.93. The van der Waals surface area contributed by atoms with Gasteiger partial charge in [0, 0.05) is 31.5 Å². The summed E-state index contributed by atoms with van der Waals surface area (Å²) in [5.41, 5.74) is 3.78. The Morgan fingerprint density at radius 3 is 2.35 bits per heavy atom. The molecule has 1 aromatic carbocycles. The van der Waals surface area contributed by atoms with E-state index >= 15 is 0 Å². The molecule has 0 bridgehead atoms. The van der Waals surface area contributed by atoms with E-state index in [2.05, 4.69) is 5.10 Å². The van der Waals surface area contributed by atoms with Crippen molar-refractivity contribution in [3.8, 4) is 5.69 Å². The zero-order valence-corrected chi connectivity index (χ0v) is 14.0. The van der Waals surface area contributed by atoms with Crippen LogP contribution in [0.25, 0.3) is 5.69 Å². The van der Waals surface area contributed by atoms with Gasteiger partial charge in [0.15, 0.2) is 0 Å². The van der Waals surface area contributed by atoms with Gasteiger partial charge in [-0.3, -0.25) is 4.79 Å². The molecular formula is C18H23N3O2. The maximum Gasteiger partial charge on any atom is 0.253 e. The summed E-state index contributed by atoms with van der Waals surface area (Å²) in [6.45, 7) is 5.52. The average molecular weight is 313 g/mol. The summed E-state index contributed by atoms with van der Waals surface area (Å²) in [6.07, 6.45) is 2.10. The Labute approximate surface area is 136 Å². The third kappa shape index (κ3) is 3.29. The lowest BCUT2D eigenvalue weighted by Gasteiger charge is -2.31. The minimum atomic E-state index is 0.0967. The van der Waals surface area contributed by atoms with E-state index in [9.17, 15) is 4.79 Å². The highest BCUT2D eigenvalue weighted by Gasteiger charge is 2.23. The summed E-state index contributed by atoms with van der Waals surface area (Å²) in [7, 11) is 1.74. The summed E-state index contributed by atoms with van der Waals surface area (Å²) in [5, 5.41) is 4.47. The molecular weight excluding hydrogens is 290 g/mol. The first-order chi connectivity index (χ1) is 11.1. The molecule has 0 radical (unpaired) electrons. The summed E-state index contributed by atoms with van der Waals surface area (Å²) >= 11 is 0. The van der Waals surface area contributed by atoms with E-state index in [0.29, 0.717) is 0 Å². The van der Waals surface area contributed by atoms with Crippen molar-refractivity contribution in [3.05, 3.63) is 47.3 Å². The predicted octanol–water partition coefficient (Wildman–Crippen LogP) is 2.74. The number of amides is 1. The van der Waals surface area contributed by atoms with Crippen LogP contribution in [0.5, 0.6) is 0 Å². The van der Waals surface area contributed by atoms with E-state index in [1.165, 1.54) is 0 Å². The Balaban J connectivity index is 1.72. The van der Waals surface area contributed by atoms with Gasteiger partial charge in [-0.1, -0.05) is 0 Å². The van der Waals surface area contributed by atoms with Crippen LogP contribution in [0, 0.1) is 13.8 Å². The molecule has 0 atom stereocenters. The van der Waals surface area contributed by atoms with Crippen LogP contribution in [0.15, 0.2) is 30.3 Å². The van der Waals surface area contributed by atoms with Crippen molar-refractivity contribution in [2.24, 2.45) is 0 Å². The van der Waals surface area contributed by atoms with Gasteiger partial charge in [0.2, 0.25) is 0 Å². The van der Waals surface area contributed by atoms with Gasteiger partial charge in [-0.25, -0.2) is 4.68 Å². The van der Waals surface area contributed by atoms with Crippen molar-refractivity contribution < 1.29 is 9.53 Å². The fraction of sp³-hybridized carbons (Fsp3) is 0.444. The van der Waals surface area contributed by atoms with Crippen LogP contribution in [-0.4, -0.2) is 46.9 Å². The quantitative estimate of drug-likeness (QED) is 0.875. The van der Waals surface area contributed by atoms with Crippen LogP contribution in [0.1, 0.15) is 34.6 Å². The maximum atomic E-state index is 12.6. The van der Waals surface area contributed by atoms with Crippen molar-refractivity contribution >= 4 is 5.91 Å². The number of hydrogen-bond donors (Lipinski definition) is 0. The number of hydrogen-bond acceptors (Lipinski definition) is 3. The first-order valence-electron chi connectivity index (χ1n) is 8.04. The van der Waals surface area contributed by atoms with Crippen LogP contribution in [0.2, 0.25) is 0 Å². The number of benzene rings is 1. The first-order valence-corrected chi connectivity index (χ1v) is 8.04. The molecule has 1 saturated heterocycles. The van der Waals surface area contributed by atoms with E-state index in [0.717, 1.165) is 48.6 Å². The molecule has 5 heteroatoms. The number of methoxy groups -OCH3 is 1. The normalized spacial score (nSPS) is 15.9. The van der Waals surface area contributed by atoms with Gasteiger partial charge < -0.3 is 9.64 Å². The molecule has 2 heterocycles. The minimum Gasteiger partial charge on any atom is -0.381 e. The first kappa shape index (κ1) is 15.7.